The van der Waals surface area contributed by atoms with Crippen LogP contribution in [0.4, 0.5) is 0 Å². The predicted molar refractivity (Wildman–Crippen MR) is 47.6 cm³/mol. The molecular weight excluding hydrogens is 152 g/mol. The van der Waals surface area contributed by atoms with Gasteiger partial charge in [-0.3, -0.25) is 4.79 Å². The normalized spacial score (nSPS) is 28.1. The van der Waals surface area contributed by atoms with Gasteiger partial charge in [0.2, 0.25) is 0 Å². The monoisotopic (exact) mass is 166 g/mol. The molecule has 0 saturated carbocycles. The van der Waals surface area contributed by atoms with Crippen LogP contribution in [0.5, 0.6) is 0 Å². The standard InChI is InChI=1S/C10H14O2/c1-8(11)10(2)7-5-4-6-9(10)12-3/h5-7H,4H2,1-3H3. The Hall–Kier alpha value is -1.05. The molecule has 1 atom stereocenters. The molecule has 12 heavy (non-hydrogen) atoms. The topological polar surface area (TPSA) is 26.3 Å². The van der Waals surface area contributed by atoms with Gasteiger partial charge in [-0.15, -0.1) is 0 Å². The van der Waals surface area contributed by atoms with E-state index in [2.05, 4.69) is 0 Å². The van der Waals surface area contributed by atoms with Crippen molar-refractivity contribution in [1.29, 1.82) is 0 Å². The van der Waals surface area contributed by atoms with Crippen molar-refractivity contribution in [2.75, 3.05) is 7.11 Å². The fraction of sp³-hybridized carbons (Fsp3) is 0.500. The Bertz CT molecular complexity index is 251. The summed E-state index contributed by atoms with van der Waals surface area (Å²) in [5.74, 6) is 0.879. The third-order valence-corrected chi connectivity index (χ3v) is 2.35. The van der Waals surface area contributed by atoms with Crippen LogP contribution in [0.3, 0.4) is 0 Å². The number of methoxy groups -OCH3 is 1. The Morgan fingerprint density at radius 2 is 2.33 bits per heavy atom. The SMILES string of the molecule is COC1=CCC=CC1(C)C(C)=O. The van der Waals surface area contributed by atoms with E-state index in [0.717, 1.165) is 12.2 Å². The molecular formula is C10H14O2. The molecule has 0 aromatic rings. The highest BCUT2D eigenvalue weighted by Gasteiger charge is 2.33. The number of carbonyl (C=O) groups is 1. The average molecular weight is 166 g/mol. The van der Waals surface area contributed by atoms with Crippen LogP contribution in [0, 0.1) is 5.41 Å². The van der Waals surface area contributed by atoms with Gasteiger partial charge in [0.25, 0.3) is 0 Å². The summed E-state index contributed by atoms with van der Waals surface area (Å²) in [7, 11) is 1.60. The molecule has 0 amide bonds. The first-order valence-electron chi connectivity index (χ1n) is 4.04. The lowest BCUT2D eigenvalue weighted by Crippen LogP contribution is -2.27. The molecule has 0 saturated heterocycles. The Morgan fingerprint density at radius 1 is 1.67 bits per heavy atom. The maximum Gasteiger partial charge on any atom is 0.146 e. The van der Waals surface area contributed by atoms with Crippen molar-refractivity contribution in [3.63, 3.8) is 0 Å². The van der Waals surface area contributed by atoms with Gasteiger partial charge in [-0.25, -0.2) is 0 Å². The fourth-order valence-corrected chi connectivity index (χ4v) is 1.36. The quantitative estimate of drug-likeness (QED) is 0.587. The molecule has 1 unspecified atom stereocenters. The second kappa shape index (κ2) is 3.13. The zero-order valence-corrected chi connectivity index (χ0v) is 7.76. The van der Waals surface area contributed by atoms with Crippen molar-refractivity contribution in [2.45, 2.75) is 20.3 Å². The highest BCUT2D eigenvalue weighted by molar-refractivity contribution is 5.87. The zero-order chi connectivity index (χ0) is 9.19. The third-order valence-electron chi connectivity index (χ3n) is 2.35. The van der Waals surface area contributed by atoms with Crippen LogP contribution in [0.25, 0.3) is 0 Å². The van der Waals surface area contributed by atoms with Gasteiger partial charge in [-0.05, 0) is 26.3 Å². The second-order valence-electron chi connectivity index (χ2n) is 3.17. The molecule has 0 N–H and O–H groups in total. The molecule has 0 aliphatic heterocycles. The van der Waals surface area contributed by atoms with E-state index in [1.54, 1.807) is 14.0 Å². The number of hydrogen-bond acceptors (Lipinski definition) is 2. The van der Waals surface area contributed by atoms with E-state index >= 15 is 0 Å². The molecule has 0 aromatic carbocycles. The number of Topliss-reactive ketones (excluding diaryl/α,β-unsaturated/α-hetero) is 1. The van der Waals surface area contributed by atoms with Crippen molar-refractivity contribution in [3.8, 4) is 0 Å². The first-order valence-corrected chi connectivity index (χ1v) is 4.04. The van der Waals surface area contributed by atoms with Gasteiger partial charge in [0.1, 0.15) is 17.0 Å². The zero-order valence-electron chi connectivity index (χ0n) is 7.76. The number of ketones is 1. The lowest BCUT2D eigenvalue weighted by atomic mass is 9.81. The summed E-state index contributed by atoms with van der Waals surface area (Å²) in [4.78, 5) is 11.3. The Morgan fingerprint density at radius 3 is 2.75 bits per heavy atom. The van der Waals surface area contributed by atoms with Crippen LogP contribution in [0.15, 0.2) is 24.0 Å². The molecule has 1 aliphatic carbocycles. The van der Waals surface area contributed by atoms with Crippen LogP contribution in [0.1, 0.15) is 20.3 Å². The number of hydrogen-bond donors (Lipinski definition) is 0. The first-order chi connectivity index (χ1) is 5.61. The van der Waals surface area contributed by atoms with Gasteiger partial charge in [0, 0.05) is 0 Å². The second-order valence-corrected chi connectivity index (χ2v) is 3.17. The molecule has 1 rings (SSSR count). The lowest BCUT2D eigenvalue weighted by molar-refractivity contribution is -0.123. The number of rotatable bonds is 2. The summed E-state index contributed by atoms with van der Waals surface area (Å²) in [6.45, 7) is 3.46. The van der Waals surface area contributed by atoms with Gasteiger partial charge in [0.05, 0.1) is 7.11 Å². The van der Waals surface area contributed by atoms with Crippen LogP contribution in [0.2, 0.25) is 0 Å². The average Bonchev–Trinajstić information content (AvgIpc) is 2.05. The van der Waals surface area contributed by atoms with Crippen molar-refractivity contribution < 1.29 is 9.53 Å². The van der Waals surface area contributed by atoms with Crippen LogP contribution >= 0.6 is 0 Å². The predicted octanol–water partition coefficient (Wildman–Crippen LogP) is 2.07. The number of allylic oxidation sites excluding steroid dienone is 3. The molecule has 0 fully saturated rings. The highest BCUT2D eigenvalue weighted by atomic mass is 16.5. The molecule has 66 valence electrons. The van der Waals surface area contributed by atoms with Gasteiger partial charge in [0.15, 0.2) is 0 Å². The minimum atomic E-state index is -0.535. The smallest absolute Gasteiger partial charge is 0.146 e. The summed E-state index contributed by atoms with van der Waals surface area (Å²) in [5, 5.41) is 0. The van der Waals surface area contributed by atoms with Crippen molar-refractivity contribution >= 4 is 5.78 Å². The van der Waals surface area contributed by atoms with E-state index in [0.29, 0.717) is 0 Å². The summed E-state index contributed by atoms with van der Waals surface area (Å²) in [6, 6.07) is 0. The van der Waals surface area contributed by atoms with Crippen molar-refractivity contribution in [2.24, 2.45) is 5.41 Å². The molecule has 2 nitrogen and oxygen atoms in total. The van der Waals surface area contributed by atoms with Crippen molar-refractivity contribution in [1.82, 2.24) is 0 Å². The Kier molecular flexibility index (Phi) is 2.36. The molecule has 0 aromatic heterocycles. The van der Waals surface area contributed by atoms with E-state index in [1.807, 2.05) is 25.2 Å². The summed E-state index contributed by atoms with van der Waals surface area (Å²) in [5.41, 5.74) is -0.535. The number of carbonyl (C=O) groups excluding carboxylic acids is 1. The number of ether oxygens (including phenoxy) is 1. The third kappa shape index (κ3) is 1.29. The Labute approximate surface area is 72.9 Å². The van der Waals surface area contributed by atoms with Gasteiger partial charge in [-0.1, -0.05) is 12.2 Å². The van der Waals surface area contributed by atoms with Crippen LogP contribution in [-0.4, -0.2) is 12.9 Å². The van der Waals surface area contributed by atoms with Crippen LogP contribution < -0.4 is 0 Å². The van der Waals surface area contributed by atoms with Gasteiger partial charge >= 0.3 is 0 Å². The maximum absolute atomic E-state index is 11.3. The Balaban J connectivity index is 3.00. The lowest BCUT2D eigenvalue weighted by Gasteiger charge is -2.27. The minimum Gasteiger partial charge on any atom is -0.500 e. The van der Waals surface area contributed by atoms with Gasteiger partial charge in [-0.2, -0.15) is 0 Å². The van der Waals surface area contributed by atoms with Gasteiger partial charge < -0.3 is 4.74 Å². The minimum absolute atomic E-state index is 0.117. The maximum atomic E-state index is 11.3. The van der Waals surface area contributed by atoms with E-state index in [9.17, 15) is 4.79 Å². The molecule has 1 aliphatic rings. The summed E-state index contributed by atoms with van der Waals surface area (Å²) in [6.07, 6.45) is 6.70. The molecule has 0 heterocycles. The first kappa shape index (κ1) is 9.04. The molecule has 0 spiro atoms. The van der Waals surface area contributed by atoms with E-state index in [1.165, 1.54) is 0 Å². The van der Waals surface area contributed by atoms with E-state index in [4.69, 9.17) is 4.74 Å². The summed E-state index contributed by atoms with van der Waals surface area (Å²) < 4.78 is 5.16. The van der Waals surface area contributed by atoms with E-state index < -0.39 is 5.41 Å². The largest absolute Gasteiger partial charge is 0.500 e. The highest BCUT2D eigenvalue weighted by Crippen LogP contribution is 2.33. The molecule has 0 bridgehead atoms. The summed E-state index contributed by atoms with van der Waals surface area (Å²) >= 11 is 0. The molecule has 2 heteroatoms. The van der Waals surface area contributed by atoms with Crippen LogP contribution in [-0.2, 0) is 9.53 Å². The van der Waals surface area contributed by atoms with Crippen molar-refractivity contribution in [3.05, 3.63) is 24.0 Å². The fourth-order valence-electron chi connectivity index (χ4n) is 1.36. The van der Waals surface area contributed by atoms with E-state index in [-0.39, 0.29) is 5.78 Å². The molecule has 0 radical (unpaired) electrons.